The van der Waals surface area contributed by atoms with Crippen molar-refractivity contribution in [2.24, 2.45) is 11.8 Å². The Hall–Kier alpha value is -4.56. The van der Waals surface area contributed by atoms with Gasteiger partial charge in [-0.15, -0.1) is 0 Å². The average Bonchev–Trinajstić information content (AvgIpc) is 3.43. The van der Waals surface area contributed by atoms with Gasteiger partial charge in [-0.25, -0.2) is 15.0 Å². The van der Waals surface area contributed by atoms with E-state index in [1.165, 1.54) is 12.7 Å². The number of fused-ring (bicyclic) bond motifs is 1. The van der Waals surface area contributed by atoms with Crippen LogP contribution < -0.4 is 5.73 Å². The maximum absolute atomic E-state index is 11.9. The fourth-order valence-corrected chi connectivity index (χ4v) is 7.01. The number of carbonyl (C=O) groups is 1. The molecule has 224 valence electrons. The molecular weight excluding hydrogens is 548 g/mol. The molecule has 3 aromatic heterocycles. The van der Waals surface area contributed by atoms with E-state index in [1.54, 1.807) is 6.20 Å². The number of imidazole rings is 1. The van der Waals surface area contributed by atoms with Crippen LogP contribution >= 0.6 is 0 Å². The summed E-state index contributed by atoms with van der Waals surface area (Å²) in [6.07, 6.45) is 5.77. The number of nitrogens with two attached hydrogens (primary N) is 1. The van der Waals surface area contributed by atoms with Crippen molar-refractivity contribution in [2.75, 3.05) is 25.9 Å². The number of esters is 1. The molecule has 4 heterocycles. The Morgan fingerprint density at radius 1 is 0.909 bits per heavy atom. The van der Waals surface area contributed by atoms with Crippen LogP contribution in [0.3, 0.4) is 0 Å². The predicted octanol–water partition coefficient (Wildman–Crippen LogP) is 6.50. The monoisotopic (exact) mass is 586 g/mol. The number of hydrogen-bond donors (Lipinski definition) is 1. The van der Waals surface area contributed by atoms with Crippen LogP contribution in [0.15, 0.2) is 85.1 Å². The van der Waals surface area contributed by atoms with E-state index in [4.69, 9.17) is 20.4 Å². The van der Waals surface area contributed by atoms with E-state index in [0.29, 0.717) is 23.7 Å². The topological polar surface area (TPSA) is 99.2 Å². The Kier molecular flexibility index (Phi) is 7.60. The van der Waals surface area contributed by atoms with Gasteiger partial charge < -0.3 is 10.5 Å². The minimum atomic E-state index is -0.0457. The highest BCUT2D eigenvalue weighted by atomic mass is 16.5. The molecule has 1 aliphatic carbocycles. The Morgan fingerprint density at radius 2 is 1.66 bits per heavy atom. The molecule has 1 atom stereocenters. The standard InChI is InChI=1S/C36H38N6O2/c1-23(24-10-12-27(13-11-24)36(43)44-2)41-21-28(22-41)25-14-16-29(17-15-25)42-34(30-9-6-20-38-33(30)37)40-32-19-18-31(39-35(32)42)26-7-4-3-5-8-26/h3-9,14-20,23-24,27-28H,10-13,21-22H2,1-2H3,(H2,37,38)/t23-,24-,27-/m0/s1. The van der Waals surface area contributed by atoms with Gasteiger partial charge in [0.25, 0.3) is 0 Å². The quantitative estimate of drug-likeness (QED) is 0.217. The van der Waals surface area contributed by atoms with E-state index >= 15 is 0 Å². The van der Waals surface area contributed by atoms with Gasteiger partial charge in [0.05, 0.1) is 24.3 Å². The number of aromatic nitrogens is 4. The van der Waals surface area contributed by atoms with Gasteiger partial charge in [-0.1, -0.05) is 42.5 Å². The molecule has 8 heteroatoms. The molecule has 5 aromatic rings. The van der Waals surface area contributed by atoms with E-state index in [1.807, 2.05) is 42.5 Å². The van der Waals surface area contributed by atoms with Crippen molar-refractivity contribution in [3.8, 4) is 28.3 Å². The van der Waals surface area contributed by atoms with Crippen LogP contribution in [0.5, 0.6) is 0 Å². The minimum Gasteiger partial charge on any atom is -0.469 e. The highest BCUT2D eigenvalue weighted by Crippen LogP contribution is 2.38. The van der Waals surface area contributed by atoms with Gasteiger partial charge in [0.15, 0.2) is 11.5 Å². The molecule has 2 aromatic carbocycles. The van der Waals surface area contributed by atoms with E-state index in [9.17, 15) is 4.79 Å². The molecule has 1 saturated heterocycles. The predicted molar refractivity (Wildman–Crippen MR) is 173 cm³/mol. The fraction of sp³-hybridized carbons (Fsp3) is 0.333. The van der Waals surface area contributed by atoms with E-state index < -0.39 is 0 Å². The molecule has 2 N–H and O–H groups in total. The molecule has 44 heavy (non-hydrogen) atoms. The zero-order valence-electron chi connectivity index (χ0n) is 25.3. The number of carbonyl (C=O) groups excluding carboxylic acids is 1. The molecule has 0 spiro atoms. The van der Waals surface area contributed by atoms with Crippen molar-refractivity contribution in [2.45, 2.75) is 44.6 Å². The minimum absolute atomic E-state index is 0.0457. The molecule has 0 radical (unpaired) electrons. The smallest absolute Gasteiger partial charge is 0.308 e. The second kappa shape index (κ2) is 11.8. The zero-order valence-corrected chi connectivity index (χ0v) is 25.3. The van der Waals surface area contributed by atoms with Crippen LogP contribution in [0.25, 0.3) is 39.5 Å². The van der Waals surface area contributed by atoms with Gasteiger partial charge in [0, 0.05) is 42.5 Å². The number of likely N-dealkylation sites (tertiary alicyclic amines) is 1. The van der Waals surface area contributed by atoms with Gasteiger partial charge in [-0.2, -0.15) is 0 Å². The second-order valence-electron chi connectivity index (χ2n) is 12.2. The highest BCUT2D eigenvalue weighted by molar-refractivity contribution is 5.84. The van der Waals surface area contributed by atoms with Crippen LogP contribution in [0.2, 0.25) is 0 Å². The Morgan fingerprint density at radius 3 is 2.36 bits per heavy atom. The van der Waals surface area contributed by atoms with Crippen molar-refractivity contribution >= 4 is 23.0 Å². The van der Waals surface area contributed by atoms with E-state index in [2.05, 4.69) is 57.8 Å². The number of anilines is 1. The summed E-state index contributed by atoms with van der Waals surface area (Å²) in [7, 11) is 1.50. The summed E-state index contributed by atoms with van der Waals surface area (Å²) in [6.45, 7) is 4.48. The molecule has 0 amide bonds. The molecule has 8 nitrogen and oxygen atoms in total. The first-order valence-corrected chi connectivity index (χ1v) is 15.6. The molecule has 1 aliphatic heterocycles. The van der Waals surface area contributed by atoms with Gasteiger partial charge >= 0.3 is 5.97 Å². The van der Waals surface area contributed by atoms with Crippen LogP contribution in [0, 0.1) is 11.8 Å². The summed E-state index contributed by atoms with van der Waals surface area (Å²) in [6, 6.07) is 27.4. The third-order valence-electron chi connectivity index (χ3n) is 9.75. The summed E-state index contributed by atoms with van der Waals surface area (Å²) in [4.78, 5) is 28.9. The van der Waals surface area contributed by atoms with Crippen LogP contribution in [0.1, 0.15) is 44.1 Å². The largest absolute Gasteiger partial charge is 0.469 e. The summed E-state index contributed by atoms with van der Waals surface area (Å²) < 4.78 is 7.07. The maximum Gasteiger partial charge on any atom is 0.308 e. The lowest BCUT2D eigenvalue weighted by atomic mass is 9.77. The molecule has 7 rings (SSSR count). The number of hydrogen-bond acceptors (Lipinski definition) is 7. The third-order valence-corrected chi connectivity index (χ3v) is 9.75. The summed E-state index contributed by atoms with van der Waals surface area (Å²) >= 11 is 0. The Bertz CT molecular complexity index is 1770. The first-order chi connectivity index (χ1) is 21.5. The number of benzene rings is 2. The highest BCUT2D eigenvalue weighted by Gasteiger charge is 2.37. The lowest BCUT2D eigenvalue weighted by Gasteiger charge is -2.47. The molecule has 2 fully saturated rings. The van der Waals surface area contributed by atoms with Crippen LogP contribution in [0.4, 0.5) is 5.82 Å². The Balaban J connectivity index is 1.13. The summed E-state index contributed by atoms with van der Waals surface area (Å²) in [5.41, 5.74) is 13.0. The number of pyridine rings is 2. The van der Waals surface area contributed by atoms with Crippen molar-refractivity contribution in [3.63, 3.8) is 0 Å². The molecule has 1 saturated carbocycles. The van der Waals surface area contributed by atoms with Gasteiger partial charge in [0.2, 0.25) is 0 Å². The Labute approximate surface area is 257 Å². The first-order valence-electron chi connectivity index (χ1n) is 15.6. The van der Waals surface area contributed by atoms with E-state index in [0.717, 1.165) is 78.3 Å². The normalized spacial score (nSPS) is 19.9. The number of nitrogen functional groups attached to an aromatic ring is 1. The maximum atomic E-state index is 11.9. The summed E-state index contributed by atoms with van der Waals surface area (Å²) in [5.74, 6) is 2.34. The van der Waals surface area contributed by atoms with Gasteiger partial charge in [-0.3, -0.25) is 14.3 Å². The zero-order chi connectivity index (χ0) is 30.2. The molecule has 2 aliphatic rings. The number of nitrogens with zero attached hydrogens (tertiary/aromatic N) is 5. The number of methoxy groups -OCH3 is 1. The fourth-order valence-electron chi connectivity index (χ4n) is 7.01. The van der Waals surface area contributed by atoms with Crippen LogP contribution in [-0.4, -0.2) is 56.6 Å². The van der Waals surface area contributed by atoms with Crippen molar-refractivity contribution in [1.29, 1.82) is 0 Å². The first kappa shape index (κ1) is 28.2. The van der Waals surface area contributed by atoms with Gasteiger partial charge in [-0.05, 0) is 80.5 Å². The van der Waals surface area contributed by atoms with Crippen molar-refractivity contribution in [3.05, 3.63) is 90.6 Å². The van der Waals surface area contributed by atoms with Crippen LogP contribution in [-0.2, 0) is 9.53 Å². The van der Waals surface area contributed by atoms with Crippen molar-refractivity contribution < 1.29 is 9.53 Å². The summed E-state index contributed by atoms with van der Waals surface area (Å²) in [5, 5.41) is 0. The third kappa shape index (κ3) is 5.24. The second-order valence-corrected chi connectivity index (χ2v) is 12.2. The lowest BCUT2D eigenvalue weighted by Crippen LogP contribution is -2.52. The molecule has 0 unspecified atom stereocenters. The molecule has 0 bridgehead atoms. The van der Waals surface area contributed by atoms with E-state index in [-0.39, 0.29) is 11.9 Å². The van der Waals surface area contributed by atoms with Crippen molar-refractivity contribution in [1.82, 2.24) is 24.4 Å². The lowest BCUT2D eigenvalue weighted by molar-refractivity contribution is -0.147. The SMILES string of the molecule is COC(=O)[C@H]1CC[C@H]([C@H](C)N2CC(c3ccc(-n4c(-c5cccnc5N)nc5ccc(-c6ccccc6)nc54)cc3)C2)CC1. The average molecular weight is 587 g/mol. The van der Waals surface area contributed by atoms with Gasteiger partial charge in [0.1, 0.15) is 11.3 Å². The number of ether oxygens (including phenoxy) is 1. The number of rotatable bonds is 7. The molecular formula is C36H38N6O2.